The summed E-state index contributed by atoms with van der Waals surface area (Å²) in [6.45, 7) is 0. The van der Waals surface area contributed by atoms with Crippen molar-refractivity contribution in [2.45, 2.75) is 25.1 Å². The van der Waals surface area contributed by atoms with Crippen molar-refractivity contribution >= 4 is 23.4 Å². The summed E-state index contributed by atoms with van der Waals surface area (Å²) in [5.74, 6) is 4.85. The first kappa shape index (κ1) is 10.3. The van der Waals surface area contributed by atoms with Crippen LogP contribution in [0.4, 0.5) is 0 Å². The highest BCUT2D eigenvalue weighted by molar-refractivity contribution is 7.99. The Hall–Kier alpha value is -0.220. The minimum absolute atomic E-state index is 0.313. The molecule has 1 saturated heterocycles. The standard InChI is InChI=1S/C9H13ClN2OS/c10-6-9-12-11-8(13-9)5-7-1-3-14-4-2-7/h7H,1-6H2. The third kappa shape index (κ3) is 2.64. The summed E-state index contributed by atoms with van der Waals surface area (Å²) in [5, 5.41) is 7.82. The van der Waals surface area contributed by atoms with Crippen LogP contribution in [0.15, 0.2) is 4.42 Å². The van der Waals surface area contributed by atoms with Crippen molar-refractivity contribution in [3.8, 4) is 0 Å². The summed E-state index contributed by atoms with van der Waals surface area (Å²) in [5.41, 5.74) is 0. The smallest absolute Gasteiger partial charge is 0.231 e. The molecule has 0 bridgehead atoms. The molecule has 78 valence electrons. The van der Waals surface area contributed by atoms with Crippen LogP contribution in [-0.4, -0.2) is 21.7 Å². The van der Waals surface area contributed by atoms with Crippen LogP contribution in [0.3, 0.4) is 0 Å². The van der Waals surface area contributed by atoms with E-state index >= 15 is 0 Å². The molecule has 0 aromatic carbocycles. The van der Waals surface area contributed by atoms with Gasteiger partial charge in [0.2, 0.25) is 11.8 Å². The Morgan fingerprint density at radius 1 is 1.29 bits per heavy atom. The molecule has 1 aromatic heterocycles. The molecule has 0 radical (unpaired) electrons. The molecule has 0 atom stereocenters. The van der Waals surface area contributed by atoms with Gasteiger partial charge in [0, 0.05) is 6.42 Å². The van der Waals surface area contributed by atoms with Crippen LogP contribution in [0, 0.1) is 5.92 Å². The molecule has 0 saturated carbocycles. The van der Waals surface area contributed by atoms with Gasteiger partial charge in [-0.05, 0) is 30.3 Å². The fourth-order valence-electron chi connectivity index (χ4n) is 1.62. The number of halogens is 1. The van der Waals surface area contributed by atoms with Crippen LogP contribution in [0.1, 0.15) is 24.6 Å². The van der Waals surface area contributed by atoms with E-state index < -0.39 is 0 Å². The van der Waals surface area contributed by atoms with E-state index in [1.807, 2.05) is 11.8 Å². The fourth-order valence-corrected chi connectivity index (χ4v) is 2.93. The summed E-state index contributed by atoms with van der Waals surface area (Å²) >= 11 is 7.61. The molecule has 0 N–H and O–H groups in total. The molecule has 0 unspecified atom stereocenters. The maximum Gasteiger partial charge on any atom is 0.231 e. The molecule has 0 amide bonds. The zero-order chi connectivity index (χ0) is 9.80. The van der Waals surface area contributed by atoms with Gasteiger partial charge in [-0.3, -0.25) is 0 Å². The summed E-state index contributed by atoms with van der Waals surface area (Å²) in [6.07, 6.45) is 3.46. The molecule has 14 heavy (non-hydrogen) atoms. The van der Waals surface area contributed by atoms with Crippen molar-refractivity contribution < 1.29 is 4.42 Å². The number of alkyl halides is 1. The van der Waals surface area contributed by atoms with Gasteiger partial charge in [-0.15, -0.1) is 21.8 Å². The lowest BCUT2D eigenvalue weighted by atomic mass is 9.99. The van der Waals surface area contributed by atoms with E-state index in [4.69, 9.17) is 16.0 Å². The Bertz CT molecular complexity index is 286. The maximum absolute atomic E-state index is 5.58. The van der Waals surface area contributed by atoms with Crippen LogP contribution in [0.25, 0.3) is 0 Å². The molecule has 1 aromatic rings. The third-order valence-corrected chi connectivity index (χ3v) is 3.70. The molecule has 1 aliphatic heterocycles. The normalized spacial score (nSPS) is 18.6. The van der Waals surface area contributed by atoms with E-state index in [1.54, 1.807) is 0 Å². The molecule has 2 rings (SSSR count). The molecule has 1 fully saturated rings. The van der Waals surface area contributed by atoms with Crippen molar-refractivity contribution in [3.63, 3.8) is 0 Å². The summed E-state index contributed by atoms with van der Waals surface area (Å²) < 4.78 is 5.37. The fraction of sp³-hybridized carbons (Fsp3) is 0.778. The van der Waals surface area contributed by atoms with Crippen LogP contribution >= 0.6 is 23.4 Å². The second-order valence-corrected chi connectivity index (χ2v) is 4.98. The highest BCUT2D eigenvalue weighted by atomic mass is 35.5. The van der Waals surface area contributed by atoms with Crippen molar-refractivity contribution in [3.05, 3.63) is 11.8 Å². The molecule has 0 aliphatic carbocycles. The number of aromatic nitrogens is 2. The molecule has 3 nitrogen and oxygen atoms in total. The van der Waals surface area contributed by atoms with Gasteiger partial charge in [0.05, 0.1) is 0 Å². The van der Waals surface area contributed by atoms with Gasteiger partial charge in [0.25, 0.3) is 0 Å². The van der Waals surface area contributed by atoms with E-state index in [0.29, 0.717) is 11.8 Å². The predicted molar refractivity (Wildman–Crippen MR) is 57.6 cm³/mol. The molecule has 1 aliphatic rings. The first-order valence-corrected chi connectivity index (χ1v) is 6.52. The zero-order valence-corrected chi connectivity index (χ0v) is 9.48. The van der Waals surface area contributed by atoms with Crippen molar-refractivity contribution in [1.29, 1.82) is 0 Å². The SMILES string of the molecule is ClCc1nnc(CC2CCSCC2)o1. The Morgan fingerprint density at radius 2 is 2.00 bits per heavy atom. The van der Waals surface area contributed by atoms with Gasteiger partial charge in [-0.25, -0.2) is 0 Å². The first-order valence-electron chi connectivity index (χ1n) is 4.83. The Morgan fingerprint density at radius 3 is 2.64 bits per heavy atom. The van der Waals surface area contributed by atoms with Gasteiger partial charge >= 0.3 is 0 Å². The lowest BCUT2D eigenvalue weighted by Gasteiger charge is -2.19. The largest absolute Gasteiger partial charge is 0.424 e. The van der Waals surface area contributed by atoms with Crippen LogP contribution in [0.2, 0.25) is 0 Å². The van der Waals surface area contributed by atoms with E-state index in [9.17, 15) is 0 Å². The van der Waals surface area contributed by atoms with E-state index in [2.05, 4.69) is 10.2 Å². The Labute approximate surface area is 92.6 Å². The minimum Gasteiger partial charge on any atom is -0.424 e. The molecule has 0 spiro atoms. The molecule has 5 heteroatoms. The second kappa shape index (κ2) is 5.03. The van der Waals surface area contributed by atoms with Crippen molar-refractivity contribution in [2.24, 2.45) is 5.92 Å². The number of rotatable bonds is 3. The monoisotopic (exact) mass is 232 g/mol. The van der Waals surface area contributed by atoms with Crippen LogP contribution in [0.5, 0.6) is 0 Å². The maximum atomic E-state index is 5.58. The lowest BCUT2D eigenvalue weighted by Crippen LogP contribution is -2.12. The van der Waals surface area contributed by atoms with E-state index in [-0.39, 0.29) is 0 Å². The highest BCUT2D eigenvalue weighted by Gasteiger charge is 2.17. The van der Waals surface area contributed by atoms with Gasteiger partial charge in [-0.2, -0.15) is 11.8 Å². The van der Waals surface area contributed by atoms with Crippen molar-refractivity contribution in [2.75, 3.05) is 11.5 Å². The first-order chi connectivity index (χ1) is 6.88. The van der Waals surface area contributed by atoms with Gasteiger partial charge in [0.1, 0.15) is 5.88 Å². The molecular formula is C9H13ClN2OS. The zero-order valence-electron chi connectivity index (χ0n) is 7.91. The number of thioether (sulfide) groups is 1. The summed E-state index contributed by atoms with van der Waals surface area (Å²) in [4.78, 5) is 0. The summed E-state index contributed by atoms with van der Waals surface area (Å²) in [6, 6.07) is 0. The number of hydrogen-bond acceptors (Lipinski definition) is 4. The molecular weight excluding hydrogens is 220 g/mol. The molecule has 2 heterocycles. The van der Waals surface area contributed by atoms with E-state index in [1.165, 1.54) is 24.3 Å². The summed E-state index contributed by atoms with van der Waals surface area (Å²) in [7, 11) is 0. The number of nitrogens with zero attached hydrogens (tertiary/aromatic N) is 2. The van der Waals surface area contributed by atoms with Crippen LogP contribution in [-0.2, 0) is 12.3 Å². The van der Waals surface area contributed by atoms with Crippen LogP contribution < -0.4 is 0 Å². The van der Waals surface area contributed by atoms with Crippen molar-refractivity contribution in [1.82, 2.24) is 10.2 Å². The van der Waals surface area contributed by atoms with E-state index in [0.717, 1.165) is 18.2 Å². The number of hydrogen-bond donors (Lipinski definition) is 0. The second-order valence-electron chi connectivity index (χ2n) is 3.48. The Kier molecular flexibility index (Phi) is 3.70. The quantitative estimate of drug-likeness (QED) is 0.751. The predicted octanol–water partition coefficient (Wildman–Crippen LogP) is 2.49. The average molecular weight is 233 g/mol. The Balaban J connectivity index is 1.89. The minimum atomic E-state index is 0.313. The highest BCUT2D eigenvalue weighted by Crippen LogP contribution is 2.25. The van der Waals surface area contributed by atoms with Gasteiger partial charge in [-0.1, -0.05) is 0 Å². The topological polar surface area (TPSA) is 38.9 Å². The third-order valence-electron chi connectivity index (χ3n) is 2.43. The van der Waals surface area contributed by atoms with Gasteiger partial charge < -0.3 is 4.42 Å². The lowest BCUT2D eigenvalue weighted by molar-refractivity contribution is 0.397. The average Bonchev–Trinajstić information content (AvgIpc) is 2.67. The van der Waals surface area contributed by atoms with Gasteiger partial charge in [0.15, 0.2) is 0 Å².